The van der Waals surface area contributed by atoms with E-state index < -0.39 is 70.6 Å². The van der Waals surface area contributed by atoms with Gasteiger partial charge in [0.15, 0.2) is 24.0 Å². The maximum atomic E-state index is 14.0. The molecule has 0 saturated heterocycles. The highest BCUT2D eigenvalue weighted by Gasteiger charge is 2.63. The fourth-order valence-electron chi connectivity index (χ4n) is 6.82. The normalized spacial score (nSPS) is 25.3. The molecule has 0 aromatic heterocycles. The van der Waals surface area contributed by atoms with Crippen LogP contribution in [0.15, 0.2) is 34.8 Å². The summed E-state index contributed by atoms with van der Waals surface area (Å²) in [4.78, 5) is 43.1. The van der Waals surface area contributed by atoms with Crippen LogP contribution in [0.3, 0.4) is 0 Å². The minimum absolute atomic E-state index is 0.00454. The van der Waals surface area contributed by atoms with Crippen molar-refractivity contribution in [3.8, 4) is 5.75 Å². The first kappa shape index (κ1) is 33.5. The predicted octanol–water partition coefficient (Wildman–Crippen LogP) is 0.160. The van der Waals surface area contributed by atoms with Crippen LogP contribution in [-0.2, 0) is 41.5 Å². The number of carbonyl (C=O) groups excluding carboxylic acids is 3. The number of amides is 1. The van der Waals surface area contributed by atoms with Crippen LogP contribution in [0.5, 0.6) is 5.75 Å². The van der Waals surface area contributed by atoms with Gasteiger partial charge in [-0.05, 0) is 50.0 Å². The SMILES string of the molecule is COC(CN(Cc1ccc(O)c2c1CC1CC3C(N(C)C)C(O)=C(C(N)=O)C(=O)C3(O)C(O)=C1C2=O)CC(OC)OC)OC. The third-order valence-electron chi connectivity index (χ3n) is 8.96. The third-order valence-corrected chi connectivity index (χ3v) is 8.96. The number of phenols is 1. The fourth-order valence-corrected chi connectivity index (χ4v) is 6.82. The van der Waals surface area contributed by atoms with Gasteiger partial charge in [-0.2, -0.15) is 0 Å². The molecule has 242 valence electrons. The van der Waals surface area contributed by atoms with E-state index in [-0.39, 0.29) is 36.3 Å². The number of hydrogen-bond acceptors (Lipinski definition) is 13. The number of rotatable bonds is 12. The van der Waals surface area contributed by atoms with Gasteiger partial charge in [0, 0.05) is 46.5 Å². The summed E-state index contributed by atoms with van der Waals surface area (Å²) in [5.41, 5.74) is 2.80. The van der Waals surface area contributed by atoms with E-state index in [0.717, 1.165) is 0 Å². The molecule has 1 aromatic carbocycles. The molecule has 3 aliphatic rings. The molecule has 0 fully saturated rings. The number of Topliss-reactive ketones (excluding diaryl/α,β-unsaturated/α-hetero) is 2. The molecule has 4 rings (SSSR count). The number of nitrogens with zero attached hydrogens (tertiary/aromatic N) is 2. The molecular weight excluding hydrogens is 578 g/mol. The lowest BCUT2D eigenvalue weighted by Crippen LogP contribution is -2.63. The lowest BCUT2D eigenvalue weighted by Gasteiger charge is -2.50. The molecule has 3 aliphatic carbocycles. The lowest BCUT2D eigenvalue weighted by molar-refractivity contribution is -0.148. The van der Waals surface area contributed by atoms with Gasteiger partial charge in [-0.15, -0.1) is 0 Å². The number of phenolic OH excluding ortho intramolecular Hbond substituents is 1. The molecule has 6 N–H and O–H groups in total. The number of hydrogen-bond donors (Lipinski definition) is 5. The van der Waals surface area contributed by atoms with Crippen LogP contribution < -0.4 is 5.73 Å². The number of aliphatic hydroxyl groups is 3. The largest absolute Gasteiger partial charge is 0.510 e. The van der Waals surface area contributed by atoms with Gasteiger partial charge in [0.05, 0.1) is 24.7 Å². The molecular formula is C30H41N3O11. The highest BCUT2D eigenvalue weighted by molar-refractivity contribution is 6.24. The van der Waals surface area contributed by atoms with Gasteiger partial charge in [0.1, 0.15) is 22.8 Å². The first-order chi connectivity index (χ1) is 20.8. The van der Waals surface area contributed by atoms with Gasteiger partial charge < -0.3 is 45.1 Å². The van der Waals surface area contributed by atoms with Crippen molar-refractivity contribution in [3.05, 3.63) is 51.5 Å². The monoisotopic (exact) mass is 619 g/mol. The Hall–Kier alpha value is -3.37. The van der Waals surface area contributed by atoms with Crippen molar-refractivity contribution in [2.45, 2.75) is 43.6 Å². The number of aromatic hydroxyl groups is 1. The number of primary amides is 1. The number of likely N-dealkylation sites (N-methyl/N-ethyl adjacent to an activating group) is 1. The average Bonchev–Trinajstić information content (AvgIpc) is 2.97. The van der Waals surface area contributed by atoms with Gasteiger partial charge in [0.2, 0.25) is 5.78 Å². The molecule has 14 heteroatoms. The smallest absolute Gasteiger partial charge is 0.255 e. The van der Waals surface area contributed by atoms with Crippen molar-refractivity contribution in [1.29, 1.82) is 0 Å². The summed E-state index contributed by atoms with van der Waals surface area (Å²) >= 11 is 0. The highest BCUT2D eigenvalue weighted by atomic mass is 16.7. The summed E-state index contributed by atoms with van der Waals surface area (Å²) in [6.45, 7) is 0.896. The van der Waals surface area contributed by atoms with Crippen LogP contribution >= 0.6 is 0 Å². The van der Waals surface area contributed by atoms with E-state index in [9.17, 15) is 34.8 Å². The number of benzene rings is 1. The van der Waals surface area contributed by atoms with Crippen molar-refractivity contribution in [2.75, 3.05) is 55.6 Å². The Morgan fingerprint density at radius 3 is 2.09 bits per heavy atom. The van der Waals surface area contributed by atoms with E-state index >= 15 is 0 Å². The zero-order valence-corrected chi connectivity index (χ0v) is 25.7. The van der Waals surface area contributed by atoms with E-state index in [2.05, 4.69) is 0 Å². The van der Waals surface area contributed by atoms with Crippen molar-refractivity contribution >= 4 is 17.5 Å². The quantitative estimate of drug-likeness (QED) is 0.157. The molecule has 0 aliphatic heterocycles. The average molecular weight is 620 g/mol. The Morgan fingerprint density at radius 2 is 1.59 bits per heavy atom. The second kappa shape index (κ2) is 12.9. The van der Waals surface area contributed by atoms with Gasteiger partial charge >= 0.3 is 0 Å². The Morgan fingerprint density at radius 1 is 1.02 bits per heavy atom. The Balaban J connectivity index is 1.82. The second-order valence-electron chi connectivity index (χ2n) is 11.6. The number of allylic oxidation sites excluding steroid dienone is 1. The summed E-state index contributed by atoms with van der Waals surface area (Å²) in [6, 6.07) is 2.00. The van der Waals surface area contributed by atoms with Crippen LogP contribution in [0.4, 0.5) is 0 Å². The molecule has 0 heterocycles. The van der Waals surface area contributed by atoms with Crippen LogP contribution in [0.25, 0.3) is 0 Å². The first-order valence-electron chi connectivity index (χ1n) is 14.1. The third kappa shape index (κ3) is 5.51. The summed E-state index contributed by atoms with van der Waals surface area (Å²) in [7, 11) is 9.21. The summed E-state index contributed by atoms with van der Waals surface area (Å²) in [6.07, 6.45) is -1.00. The van der Waals surface area contributed by atoms with Gasteiger partial charge in [0.25, 0.3) is 5.91 Å². The molecule has 4 atom stereocenters. The van der Waals surface area contributed by atoms with Crippen LogP contribution in [0.2, 0.25) is 0 Å². The molecule has 4 unspecified atom stereocenters. The Kier molecular flexibility index (Phi) is 9.85. The zero-order chi connectivity index (χ0) is 32.7. The van der Waals surface area contributed by atoms with Crippen LogP contribution in [0.1, 0.15) is 27.9 Å². The maximum Gasteiger partial charge on any atom is 0.255 e. The van der Waals surface area contributed by atoms with E-state index in [1.165, 1.54) is 39.4 Å². The molecule has 0 radical (unpaired) electrons. The molecule has 1 amide bonds. The molecule has 0 saturated carbocycles. The van der Waals surface area contributed by atoms with Crippen molar-refractivity contribution in [3.63, 3.8) is 0 Å². The molecule has 44 heavy (non-hydrogen) atoms. The maximum absolute atomic E-state index is 14.0. The number of fused-ring (bicyclic) bond motifs is 3. The minimum Gasteiger partial charge on any atom is -0.510 e. The molecule has 14 nitrogen and oxygen atoms in total. The Labute approximate surface area is 255 Å². The van der Waals surface area contributed by atoms with Crippen molar-refractivity contribution in [1.82, 2.24) is 9.80 Å². The van der Waals surface area contributed by atoms with E-state index in [1.54, 1.807) is 20.2 Å². The highest BCUT2D eigenvalue weighted by Crippen LogP contribution is 2.52. The number of nitrogens with two attached hydrogens (primary N) is 1. The molecule has 0 spiro atoms. The molecule has 0 bridgehead atoms. The Bertz CT molecular complexity index is 1370. The van der Waals surface area contributed by atoms with Gasteiger partial charge in [-0.25, -0.2) is 0 Å². The number of methoxy groups -OCH3 is 4. The predicted molar refractivity (Wildman–Crippen MR) is 155 cm³/mol. The standard InChI is InChI=1S/C30H41N3O11/c1-32(2)24-17-10-15-9-16-14(11-33(12-19(41-3)42-4)13-20(43-5)44-6)7-8-18(34)22(16)25(35)21(15)27(37)30(17,40)28(38)23(26(24)36)29(31)39/h7-8,15,17,19-20,24,34,36-37,40H,9-13H2,1-6H3,(H2,31,39). The van der Waals surface area contributed by atoms with Gasteiger partial charge in [-0.1, -0.05) is 6.07 Å². The fraction of sp³-hybridized carbons (Fsp3) is 0.567. The van der Waals surface area contributed by atoms with E-state index in [4.69, 9.17) is 24.7 Å². The minimum atomic E-state index is -2.70. The molecule has 1 aromatic rings. The van der Waals surface area contributed by atoms with Crippen molar-refractivity contribution < 1.29 is 53.8 Å². The van der Waals surface area contributed by atoms with E-state index in [0.29, 0.717) is 24.2 Å². The summed E-state index contributed by atoms with van der Waals surface area (Å²) in [5.74, 6) is -6.96. The second-order valence-corrected chi connectivity index (χ2v) is 11.6. The topological polar surface area (TPSA) is 202 Å². The number of ether oxygens (including phenoxy) is 4. The van der Waals surface area contributed by atoms with Gasteiger partial charge in [-0.3, -0.25) is 24.2 Å². The number of aliphatic hydroxyl groups excluding tert-OH is 2. The van der Waals surface area contributed by atoms with Crippen molar-refractivity contribution in [2.24, 2.45) is 17.6 Å². The summed E-state index contributed by atoms with van der Waals surface area (Å²) in [5, 5.41) is 45.1. The lowest BCUT2D eigenvalue weighted by atomic mass is 9.58. The van der Waals surface area contributed by atoms with Crippen LogP contribution in [0, 0.1) is 11.8 Å². The number of ketones is 2. The zero-order valence-electron chi connectivity index (χ0n) is 25.7. The van der Waals surface area contributed by atoms with Crippen LogP contribution in [-0.4, -0.2) is 128 Å². The first-order valence-corrected chi connectivity index (χ1v) is 14.1. The van der Waals surface area contributed by atoms with E-state index in [1.807, 2.05) is 4.90 Å². The number of carbonyl (C=O) groups is 3. The summed E-state index contributed by atoms with van der Waals surface area (Å²) < 4.78 is 21.6.